The average Bonchev–Trinajstić information content (AvgIpc) is 2.52. The first kappa shape index (κ1) is 16.5. The van der Waals surface area contributed by atoms with Crippen LogP contribution in [0.2, 0.25) is 0 Å². The van der Waals surface area contributed by atoms with E-state index in [-0.39, 0.29) is 6.61 Å². The molecule has 0 aliphatic carbocycles. The second-order valence-corrected chi connectivity index (χ2v) is 5.93. The third-order valence-corrected chi connectivity index (χ3v) is 4.02. The highest BCUT2D eigenvalue weighted by molar-refractivity contribution is 14.1. The number of anilines is 1. The predicted octanol–water partition coefficient (Wildman–Crippen LogP) is 4.23. The Morgan fingerprint density at radius 2 is 2.05 bits per heavy atom. The number of benzene rings is 2. The molecule has 114 valence electrons. The number of rotatable bonds is 6. The van der Waals surface area contributed by atoms with Gasteiger partial charge in [-0.2, -0.15) is 0 Å². The van der Waals surface area contributed by atoms with Gasteiger partial charge in [-0.15, -0.1) is 6.42 Å². The maximum absolute atomic E-state index is 5.56. The lowest BCUT2D eigenvalue weighted by Gasteiger charge is -2.14. The smallest absolute Gasteiger partial charge is 0.175 e. The molecule has 2 aromatic rings. The highest BCUT2D eigenvalue weighted by Crippen LogP contribution is 2.34. The average molecular weight is 407 g/mol. The van der Waals surface area contributed by atoms with Crippen LogP contribution in [0.4, 0.5) is 5.69 Å². The van der Waals surface area contributed by atoms with Crippen LogP contribution in [0.25, 0.3) is 0 Å². The van der Waals surface area contributed by atoms with Crippen LogP contribution in [0.5, 0.6) is 11.5 Å². The lowest BCUT2D eigenvalue weighted by Crippen LogP contribution is -2.04. The van der Waals surface area contributed by atoms with Crippen molar-refractivity contribution in [3.8, 4) is 23.8 Å². The fourth-order valence-electron chi connectivity index (χ4n) is 2.10. The summed E-state index contributed by atoms with van der Waals surface area (Å²) in [6.07, 6.45) is 5.25. The Kier molecular flexibility index (Phi) is 5.96. The Bertz CT molecular complexity index is 692. The van der Waals surface area contributed by atoms with Crippen LogP contribution in [-0.2, 0) is 6.54 Å². The minimum absolute atomic E-state index is 0.229. The summed E-state index contributed by atoms with van der Waals surface area (Å²) in [6.45, 7) is 3.03. The number of para-hydroxylation sites is 1. The Labute approximate surface area is 145 Å². The maximum Gasteiger partial charge on any atom is 0.175 e. The van der Waals surface area contributed by atoms with Gasteiger partial charge in [0.15, 0.2) is 11.5 Å². The summed E-state index contributed by atoms with van der Waals surface area (Å²) >= 11 is 2.23. The summed E-state index contributed by atoms with van der Waals surface area (Å²) < 4.78 is 11.9. The predicted molar refractivity (Wildman–Crippen MR) is 98.5 cm³/mol. The van der Waals surface area contributed by atoms with Crippen LogP contribution in [-0.4, -0.2) is 13.7 Å². The fourth-order valence-corrected chi connectivity index (χ4v) is 2.92. The lowest BCUT2D eigenvalue weighted by molar-refractivity contribution is 0.328. The van der Waals surface area contributed by atoms with E-state index in [4.69, 9.17) is 15.9 Å². The largest absolute Gasteiger partial charge is 0.493 e. The van der Waals surface area contributed by atoms with Crippen molar-refractivity contribution < 1.29 is 9.47 Å². The molecule has 0 aliphatic rings. The Hall–Kier alpha value is -1.87. The van der Waals surface area contributed by atoms with Crippen molar-refractivity contribution in [1.82, 2.24) is 0 Å². The van der Waals surface area contributed by atoms with E-state index in [2.05, 4.69) is 59.0 Å². The van der Waals surface area contributed by atoms with Crippen LogP contribution in [0, 0.1) is 22.8 Å². The van der Waals surface area contributed by atoms with E-state index in [0.29, 0.717) is 18.0 Å². The van der Waals surface area contributed by atoms with Crippen molar-refractivity contribution in [2.24, 2.45) is 0 Å². The highest BCUT2D eigenvalue weighted by Gasteiger charge is 2.11. The summed E-state index contributed by atoms with van der Waals surface area (Å²) in [7, 11) is 1.63. The molecule has 0 saturated heterocycles. The summed E-state index contributed by atoms with van der Waals surface area (Å²) in [5.41, 5.74) is 3.47. The van der Waals surface area contributed by atoms with Gasteiger partial charge in [-0.3, -0.25) is 0 Å². The molecular weight excluding hydrogens is 389 g/mol. The molecule has 2 aromatic carbocycles. The van der Waals surface area contributed by atoms with Crippen LogP contribution in [0.3, 0.4) is 0 Å². The van der Waals surface area contributed by atoms with Gasteiger partial charge < -0.3 is 14.8 Å². The summed E-state index contributed by atoms with van der Waals surface area (Å²) in [6, 6.07) is 12.3. The van der Waals surface area contributed by atoms with Gasteiger partial charge in [0, 0.05) is 12.2 Å². The van der Waals surface area contributed by atoms with Gasteiger partial charge in [-0.05, 0) is 58.8 Å². The number of hydrogen-bond donors (Lipinski definition) is 1. The van der Waals surface area contributed by atoms with Crippen LogP contribution < -0.4 is 14.8 Å². The molecule has 22 heavy (non-hydrogen) atoms. The van der Waals surface area contributed by atoms with Crippen molar-refractivity contribution >= 4 is 28.3 Å². The van der Waals surface area contributed by atoms with Gasteiger partial charge in [0.2, 0.25) is 0 Å². The van der Waals surface area contributed by atoms with Crippen LogP contribution in [0.15, 0.2) is 36.4 Å². The van der Waals surface area contributed by atoms with Gasteiger partial charge in [0.25, 0.3) is 0 Å². The van der Waals surface area contributed by atoms with E-state index in [0.717, 1.165) is 14.8 Å². The van der Waals surface area contributed by atoms with E-state index in [1.807, 2.05) is 18.2 Å². The lowest BCUT2D eigenvalue weighted by atomic mass is 10.1. The van der Waals surface area contributed by atoms with E-state index in [1.54, 1.807) is 7.11 Å². The molecule has 4 heteroatoms. The molecule has 0 radical (unpaired) electrons. The summed E-state index contributed by atoms with van der Waals surface area (Å²) in [5, 5.41) is 3.44. The monoisotopic (exact) mass is 407 g/mol. The van der Waals surface area contributed by atoms with Crippen LogP contribution in [0.1, 0.15) is 11.1 Å². The zero-order valence-corrected chi connectivity index (χ0v) is 14.8. The van der Waals surface area contributed by atoms with Crippen molar-refractivity contribution in [1.29, 1.82) is 0 Å². The van der Waals surface area contributed by atoms with Crippen molar-refractivity contribution in [2.45, 2.75) is 13.5 Å². The van der Waals surface area contributed by atoms with Crippen molar-refractivity contribution in [2.75, 3.05) is 19.0 Å². The quantitative estimate of drug-likeness (QED) is 0.574. The molecule has 0 fully saturated rings. The molecular formula is C18H18INO2. The second-order valence-electron chi connectivity index (χ2n) is 4.77. The normalized spacial score (nSPS) is 9.91. The van der Waals surface area contributed by atoms with Gasteiger partial charge in [-0.1, -0.05) is 24.1 Å². The molecule has 0 aromatic heterocycles. The molecule has 0 unspecified atom stereocenters. The van der Waals surface area contributed by atoms with Crippen molar-refractivity contribution in [3.63, 3.8) is 0 Å². The molecule has 3 nitrogen and oxygen atoms in total. The van der Waals surface area contributed by atoms with E-state index >= 15 is 0 Å². The minimum atomic E-state index is 0.229. The molecule has 0 saturated carbocycles. The summed E-state index contributed by atoms with van der Waals surface area (Å²) in [5.74, 6) is 3.86. The molecule has 0 aliphatic heterocycles. The first-order valence-corrected chi connectivity index (χ1v) is 7.95. The number of ether oxygens (including phenoxy) is 2. The first-order chi connectivity index (χ1) is 10.7. The number of hydrogen-bond acceptors (Lipinski definition) is 3. The van der Waals surface area contributed by atoms with E-state index in [9.17, 15) is 0 Å². The van der Waals surface area contributed by atoms with Gasteiger partial charge in [0.1, 0.15) is 6.61 Å². The first-order valence-electron chi connectivity index (χ1n) is 6.88. The molecule has 0 bridgehead atoms. The SMILES string of the molecule is C#CCOc1c(I)cc(CNc2ccccc2C)cc1OC. The standard InChI is InChI=1S/C18H18INO2/c1-4-9-22-18-15(19)10-14(11-17(18)21-3)12-20-16-8-6-5-7-13(16)2/h1,5-8,10-11,20H,9,12H2,2-3H3. The fraction of sp³-hybridized carbons (Fsp3) is 0.222. The molecule has 0 spiro atoms. The second kappa shape index (κ2) is 7.95. The zero-order chi connectivity index (χ0) is 15.9. The molecule has 1 N–H and O–H groups in total. The number of methoxy groups -OCH3 is 1. The van der Waals surface area contributed by atoms with Gasteiger partial charge in [-0.25, -0.2) is 0 Å². The zero-order valence-electron chi connectivity index (χ0n) is 12.7. The maximum atomic E-state index is 5.56. The Morgan fingerprint density at radius 3 is 2.73 bits per heavy atom. The molecule has 0 heterocycles. The number of terminal acetylenes is 1. The molecule has 2 rings (SSSR count). The number of nitrogens with one attached hydrogen (secondary N) is 1. The number of aryl methyl sites for hydroxylation is 1. The Morgan fingerprint density at radius 1 is 1.27 bits per heavy atom. The Balaban J connectivity index is 2.17. The third kappa shape index (κ3) is 4.08. The van der Waals surface area contributed by atoms with E-state index in [1.165, 1.54) is 5.56 Å². The molecule has 0 atom stereocenters. The summed E-state index contributed by atoms with van der Waals surface area (Å²) in [4.78, 5) is 0. The van der Waals surface area contributed by atoms with Gasteiger partial charge >= 0.3 is 0 Å². The van der Waals surface area contributed by atoms with Gasteiger partial charge in [0.05, 0.1) is 10.7 Å². The van der Waals surface area contributed by atoms with Crippen LogP contribution >= 0.6 is 22.6 Å². The van der Waals surface area contributed by atoms with E-state index < -0.39 is 0 Å². The minimum Gasteiger partial charge on any atom is -0.493 e. The topological polar surface area (TPSA) is 30.5 Å². The number of halogens is 1. The molecule has 0 amide bonds. The third-order valence-electron chi connectivity index (χ3n) is 3.22. The highest BCUT2D eigenvalue weighted by atomic mass is 127. The van der Waals surface area contributed by atoms with Crippen molar-refractivity contribution in [3.05, 3.63) is 51.1 Å².